The lowest BCUT2D eigenvalue weighted by molar-refractivity contribution is 0.0794. The fourth-order valence-electron chi connectivity index (χ4n) is 1.46. The van der Waals surface area contributed by atoms with Gasteiger partial charge in [0.2, 0.25) is 5.88 Å². The average Bonchev–Trinajstić information content (AvgIpc) is 2.45. The van der Waals surface area contributed by atoms with Gasteiger partial charge in [0.1, 0.15) is 6.61 Å². The summed E-state index contributed by atoms with van der Waals surface area (Å²) in [7, 11) is 1.68. The van der Waals surface area contributed by atoms with Crippen LogP contribution in [0.3, 0.4) is 0 Å². The van der Waals surface area contributed by atoms with E-state index in [0.29, 0.717) is 38.3 Å². The summed E-state index contributed by atoms with van der Waals surface area (Å²) in [6.45, 7) is 7.29. The number of hydrogen-bond acceptors (Lipinski definition) is 6. The van der Waals surface area contributed by atoms with Gasteiger partial charge in [0, 0.05) is 39.1 Å². The lowest BCUT2D eigenvalue weighted by atomic mass is 10.3. The van der Waals surface area contributed by atoms with Gasteiger partial charge >= 0.3 is 0 Å². The SMILES string of the molecule is COCCCOCCOc1cncc(CNC(C)C)n1. The summed E-state index contributed by atoms with van der Waals surface area (Å²) in [6, 6.07) is 0.418. The molecule has 20 heavy (non-hydrogen) atoms. The summed E-state index contributed by atoms with van der Waals surface area (Å²) >= 11 is 0. The molecule has 0 saturated carbocycles. The molecule has 0 saturated heterocycles. The van der Waals surface area contributed by atoms with Crippen molar-refractivity contribution in [1.29, 1.82) is 0 Å². The summed E-state index contributed by atoms with van der Waals surface area (Å²) in [5, 5.41) is 3.29. The first-order chi connectivity index (χ1) is 9.72. The average molecular weight is 283 g/mol. The normalized spacial score (nSPS) is 11.0. The Hall–Kier alpha value is -1.24. The first kappa shape index (κ1) is 16.8. The zero-order valence-electron chi connectivity index (χ0n) is 12.6. The predicted octanol–water partition coefficient (Wildman–Crippen LogP) is 1.41. The Bertz CT molecular complexity index is 361. The molecule has 0 spiro atoms. The molecule has 114 valence electrons. The Labute approximate surface area is 120 Å². The van der Waals surface area contributed by atoms with Crippen molar-refractivity contribution in [3.05, 3.63) is 18.1 Å². The molecule has 1 aromatic heterocycles. The van der Waals surface area contributed by atoms with Gasteiger partial charge in [0.15, 0.2) is 0 Å². The number of methoxy groups -OCH3 is 1. The van der Waals surface area contributed by atoms with Crippen LogP contribution in [-0.2, 0) is 16.0 Å². The van der Waals surface area contributed by atoms with Crippen LogP contribution in [0.1, 0.15) is 26.0 Å². The van der Waals surface area contributed by atoms with E-state index >= 15 is 0 Å². The van der Waals surface area contributed by atoms with Crippen molar-refractivity contribution in [1.82, 2.24) is 15.3 Å². The molecule has 1 N–H and O–H groups in total. The monoisotopic (exact) mass is 283 g/mol. The molecule has 0 aliphatic rings. The van der Waals surface area contributed by atoms with Gasteiger partial charge in [0.05, 0.1) is 18.5 Å². The van der Waals surface area contributed by atoms with Gasteiger partial charge in [0.25, 0.3) is 0 Å². The van der Waals surface area contributed by atoms with Crippen LogP contribution in [0.4, 0.5) is 0 Å². The topological polar surface area (TPSA) is 65.5 Å². The lowest BCUT2D eigenvalue weighted by Crippen LogP contribution is -2.22. The highest BCUT2D eigenvalue weighted by Crippen LogP contribution is 2.05. The van der Waals surface area contributed by atoms with Gasteiger partial charge in [-0.15, -0.1) is 0 Å². The van der Waals surface area contributed by atoms with Gasteiger partial charge in [-0.2, -0.15) is 0 Å². The van der Waals surface area contributed by atoms with Crippen molar-refractivity contribution in [3.63, 3.8) is 0 Å². The zero-order chi connectivity index (χ0) is 14.6. The van der Waals surface area contributed by atoms with Crippen molar-refractivity contribution < 1.29 is 14.2 Å². The number of aromatic nitrogens is 2. The Morgan fingerprint density at radius 1 is 1.15 bits per heavy atom. The van der Waals surface area contributed by atoms with Gasteiger partial charge in [-0.25, -0.2) is 4.98 Å². The van der Waals surface area contributed by atoms with Crippen LogP contribution in [0.2, 0.25) is 0 Å². The van der Waals surface area contributed by atoms with E-state index in [4.69, 9.17) is 14.2 Å². The van der Waals surface area contributed by atoms with Gasteiger partial charge in [-0.1, -0.05) is 13.8 Å². The fraction of sp³-hybridized carbons (Fsp3) is 0.714. The maximum absolute atomic E-state index is 5.50. The van der Waals surface area contributed by atoms with Gasteiger partial charge in [-0.3, -0.25) is 4.98 Å². The zero-order valence-corrected chi connectivity index (χ0v) is 12.6. The molecule has 0 unspecified atom stereocenters. The molecule has 0 aliphatic heterocycles. The van der Waals surface area contributed by atoms with Crippen molar-refractivity contribution in [2.75, 3.05) is 33.5 Å². The predicted molar refractivity (Wildman–Crippen MR) is 76.8 cm³/mol. The molecule has 1 aromatic rings. The molecule has 0 fully saturated rings. The quantitative estimate of drug-likeness (QED) is 0.619. The third kappa shape index (κ3) is 8.04. The van der Waals surface area contributed by atoms with E-state index in [0.717, 1.165) is 18.7 Å². The molecule has 0 aliphatic carbocycles. The molecular weight excluding hydrogens is 258 g/mol. The Morgan fingerprint density at radius 3 is 2.75 bits per heavy atom. The molecule has 1 rings (SSSR count). The maximum atomic E-state index is 5.50. The van der Waals surface area contributed by atoms with E-state index < -0.39 is 0 Å². The van der Waals surface area contributed by atoms with Crippen molar-refractivity contribution in [2.45, 2.75) is 32.9 Å². The Kier molecular flexibility index (Phi) is 8.86. The van der Waals surface area contributed by atoms with Gasteiger partial charge < -0.3 is 19.5 Å². The van der Waals surface area contributed by atoms with E-state index in [1.54, 1.807) is 19.5 Å². The molecule has 0 amide bonds. The molecule has 0 aromatic carbocycles. The third-order valence-corrected chi connectivity index (χ3v) is 2.47. The second-order valence-corrected chi connectivity index (χ2v) is 4.69. The van der Waals surface area contributed by atoms with Crippen LogP contribution in [0.25, 0.3) is 0 Å². The Balaban J connectivity index is 2.18. The summed E-state index contributed by atoms with van der Waals surface area (Å²) in [5.41, 5.74) is 0.872. The second kappa shape index (κ2) is 10.5. The summed E-state index contributed by atoms with van der Waals surface area (Å²) in [6.07, 6.45) is 4.25. The molecule has 6 nitrogen and oxygen atoms in total. The number of nitrogens with one attached hydrogen (secondary N) is 1. The number of nitrogens with zero attached hydrogens (tertiary/aromatic N) is 2. The van der Waals surface area contributed by atoms with E-state index in [-0.39, 0.29) is 0 Å². The lowest BCUT2D eigenvalue weighted by Gasteiger charge is -2.09. The smallest absolute Gasteiger partial charge is 0.232 e. The number of ether oxygens (including phenoxy) is 3. The van der Waals surface area contributed by atoms with Crippen LogP contribution in [0, 0.1) is 0 Å². The van der Waals surface area contributed by atoms with Crippen molar-refractivity contribution >= 4 is 0 Å². The van der Waals surface area contributed by atoms with Crippen molar-refractivity contribution in [2.24, 2.45) is 0 Å². The highest BCUT2D eigenvalue weighted by molar-refractivity contribution is 5.08. The highest BCUT2D eigenvalue weighted by Gasteiger charge is 2.01. The largest absolute Gasteiger partial charge is 0.474 e. The van der Waals surface area contributed by atoms with E-state index in [1.807, 2.05) is 0 Å². The first-order valence-electron chi connectivity index (χ1n) is 6.96. The molecule has 0 atom stereocenters. The Morgan fingerprint density at radius 2 is 2.00 bits per heavy atom. The van der Waals surface area contributed by atoms with Crippen LogP contribution in [0.5, 0.6) is 5.88 Å². The minimum atomic E-state index is 0.418. The standard InChI is InChI=1S/C14H25N3O3/c1-12(2)16-10-13-9-15-11-14(17-13)20-8-7-19-6-4-5-18-3/h9,11-12,16H,4-8,10H2,1-3H3. The highest BCUT2D eigenvalue weighted by atomic mass is 16.5. The van der Waals surface area contributed by atoms with E-state index in [1.165, 1.54) is 0 Å². The van der Waals surface area contributed by atoms with Crippen LogP contribution >= 0.6 is 0 Å². The van der Waals surface area contributed by atoms with Gasteiger partial charge in [-0.05, 0) is 6.42 Å². The third-order valence-electron chi connectivity index (χ3n) is 2.47. The molecule has 0 bridgehead atoms. The molecular formula is C14H25N3O3. The maximum Gasteiger partial charge on any atom is 0.232 e. The number of hydrogen-bond donors (Lipinski definition) is 1. The number of rotatable bonds is 11. The van der Waals surface area contributed by atoms with Crippen LogP contribution in [0.15, 0.2) is 12.4 Å². The minimum absolute atomic E-state index is 0.418. The first-order valence-corrected chi connectivity index (χ1v) is 6.96. The minimum Gasteiger partial charge on any atom is -0.474 e. The summed E-state index contributed by atoms with van der Waals surface area (Å²) in [4.78, 5) is 8.49. The summed E-state index contributed by atoms with van der Waals surface area (Å²) < 4.78 is 15.8. The summed E-state index contributed by atoms with van der Waals surface area (Å²) in [5.74, 6) is 0.536. The second-order valence-electron chi connectivity index (χ2n) is 4.69. The molecule has 1 heterocycles. The van der Waals surface area contributed by atoms with E-state index in [9.17, 15) is 0 Å². The van der Waals surface area contributed by atoms with E-state index in [2.05, 4.69) is 29.1 Å². The molecule has 6 heteroatoms. The van der Waals surface area contributed by atoms with Crippen LogP contribution < -0.4 is 10.1 Å². The fourth-order valence-corrected chi connectivity index (χ4v) is 1.46. The van der Waals surface area contributed by atoms with Crippen molar-refractivity contribution in [3.8, 4) is 5.88 Å². The van der Waals surface area contributed by atoms with Crippen LogP contribution in [-0.4, -0.2) is 49.5 Å². The molecule has 0 radical (unpaired) electrons.